The first-order valence-electron chi connectivity index (χ1n) is 8.62. The zero-order valence-corrected chi connectivity index (χ0v) is 14.5. The number of carbonyl (C=O) groups is 1. The summed E-state index contributed by atoms with van der Waals surface area (Å²) in [5.41, 5.74) is 0. The van der Waals surface area contributed by atoms with Crippen molar-refractivity contribution in [2.45, 2.75) is 58.8 Å². The van der Waals surface area contributed by atoms with Gasteiger partial charge in [0.25, 0.3) is 0 Å². The Balaban J connectivity index is 0.00000220. The summed E-state index contributed by atoms with van der Waals surface area (Å²) in [6, 6.07) is 0. The Morgan fingerprint density at radius 2 is 1.95 bits per heavy atom. The van der Waals surface area contributed by atoms with Crippen LogP contribution in [-0.4, -0.2) is 25.5 Å². The van der Waals surface area contributed by atoms with Gasteiger partial charge in [-0.05, 0) is 62.4 Å². The van der Waals surface area contributed by atoms with Crippen LogP contribution < -0.4 is 10.6 Å². The van der Waals surface area contributed by atoms with Gasteiger partial charge in [0, 0.05) is 13.0 Å². The lowest BCUT2D eigenvalue weighted by Crippen LogP contribution is -2.35. The van der Waals surface area contributed by atoms with Crippen molar-refractivity contribution < 1.29 is 4.79 Å². The first kappa shape index (κ1) is 18.8. The molecule has 3 nitrogen and oxygen atoms in total. The number of rotatable bonds is 5. The van der Waals surface area contributed by atoms with Crippen LogP contribution in [0.2, 0.25) is 0 Å². The standard InChI is InChI=1S/C17H32N2O.ClH/c1-13-4-3-5-15(10-13)12-19-17(20)11-14(2)16-6-8-18-9-7-16;/h13-16,18H,3-12H2,1-2H3,(H,19,20);1H. The molecule has 2 rings (SSSR count). The third-order valence-electron chi connectivity index (χ3n) is 5.33. The van der Waals surface area contributed by atoms with Crippen LogP contribution in [0.15, 0.2) is 0 Å². The van der Waals surface area contributed by atoms with Gasteiger partial charge in [0.05, 0.1) is 0 Å². The maximum atomic E-state index is 12.1. The molecular weight excluding hydrogens is 284 g/mol. The van der Waals surface area contributed by atoms with Crippen molar-refractivity contribution in [1.82, 2.24) is 10.6 Å². The smallest absolute Gasteiger partial charge is 0.220 e. The SMILES string of the molecule is CC1CCCC(CNC(=O)CC(C)C2CCNCC2)C1.Cl. The number of amides is 1. The van der Waals surface area contributed by atoms with E-state index in [0.717, 1.165) is 37.4 Å². The molecule has 2 N–H and O–H groups in total. The highest BCUT2D eigenvalue weighted by Crippen LogP contribution is 2.28. The molecule has 3 atom stereocenters. The van der Waals surface area contributed by atoms with Crippen LogP contribution in [0.4, 0.5) is 0 Å². The highest BCUT2D eigenvalue weighted by atomic mass is 35.5. The molecule has 2 fully saturated rings. The van der Waals surface area contributed by atoms with Gasteiger partial charge in [-0.1, -0.05) is 26.7 Å². The van der Waals surface area contributed by atoms with E-state index in [4.69, 9.17) is 0 Å². The first-order chi connectivity index (χ1) is 9.65. The Morgan fingerprint density at radius 3 is 2.62 bits per heavy atom. The maximum Gasteiger partial charge on any atom is 0.220 e. The summed E-state index contributed by atoms with van der Waals surface area (Å²) in [5, 5.41) is 6.58. The molecule has 1 aliphatic carbocycles. The van der Waals surface area contributed by atoms with E-state index in [9.17, 15) is 4.79 Å². The molecule has 0 aromatic rings. The lowest BCUT2D eigenvalue weighted by atomic mass is 9.82. The summed E-state index contributed by atoms with van der Waals surface area (Å²) in [6.07, 6.45) is 8.49. The quantitative estimate of drug-likeness (QED) is 0.816. The molecule has 0 aromatic heterocycles. The van der Waals surface area contributed by atoms with Crippen molar-refractivity contribution in [3.05, 3.63) is 0 Å². The van der Waals surface area contributed by atoms with Crippen molar-refractivity contribution in [3.63, 3.8) is 0 Å². The van der Waals surface area contributed by atoms with Crippen LogP contribution >= 0.6 is 12.4 Å². The van der Waals surface area contributed by atoms with Gasteiger partial charge in [-0.3, -0.25) is 4.79 Å². The molecule has 2 aliphatic rings. The second kappa shape index (κ2) is 9.68. The molecule has 124 valence electrons. The molecule has 21 heavy (non-hydrogen) atoms. The van der Waals surface area contributed by atoms with E-state index in [1.165, 1.54) is 38.5 Å². The Kier molecular flexibility index (Phi) is 8.65. The minimum Gasteiger partial charge on any atom is -0.356 e. The Bertz CT molecular complexity index is 305. The average molecular weight is 317 g/mol. The predicted molar refractivity (Wildman–Crippen MR) is 90.8 cm³/mol. The fourth-order valence-corrected chi connectivity index (χ4v) is 3.95. The van der Waals surface area contributed by atoms with Gasteiger partial charge in [-0.2, -0.15) is 0 Å². The van der Waals surface area contributed by atoms with Crippen molar-refractivity contribution >= 4 is 18.3 Å². The second-order valence-corrected chi connectivity index (χ2v) is 7.21. The number of hydrogen-bond donors (Lipinski definition) is 2. The van der Waals surface area contributed by atoms with Gasteiger partial charge in [-0.15, -0.1) is 12.4 Å². The minimum atomic E-state index is 0. The van der Waals surface area contributed by atoms with Gasteiger partial charge < -0.3 is 10.6 Å². The van der Waals surface area contributed by atoms with E-state index in [2.05, 4.69) is 24.5 Å². The van der Waals surface area contributed by atoms with Crippen molar-refractivity contribution in [2.75, 3.05) is 19.6 Å². The molecule has 0 aromatic carbocycles. The van der Waals surface area contributed by atoms with Crippen molar-refractivity contribution in [1.29, 1.82) is 0 Å². The molecule has 0 bridgehead atoms. The van der Waals surface area contributed by atoms with Crippen LogP contribution in [0.3, 0.4) is 0 Å². The van der Waals surface area contributed by atoms with Crippen molar-refractivity contribution in [3.8, 4) is 0 Å². The number of carbonyl (C=O) groups excluding carboxylic acids is 1. The third-order valence-corrected chi connectivity index (χ3v) is 5.33. The van der Waals surface area contributed by atoms with Gasteiger partial charge in [0.15, 0.2) is 0 Å². The lowest BCUT2D eigenvalue weighted by Gasteiger charge is -2.29. The zero-order valence-electron chi connectivity index (χ0n) is 13.7. The van der Waals surface area contributed by atoms with E-state index in [1.54, 1.807) is 0 Å². The highest BCUT2D eigenvalue weighted by molar-refractivity contribution is 5.85. The summed E-state index contributed by atoms with van der Waals surface area (Å²) in [6.45, 7) is 7.74. The van der Waals surface area contributed by atoms with Crippen LogP contribution in [0.25, 0.3) is 0 Å². The monoisotopic (exact) mass is 316 g/mol. The number of nitrogens with one attached hydrogen (secondary N) is 2. The minimum absolute atomic E-state index is 0. The van der Waals surface area contributed by atoms with Crippen LogP contribution in [0.5, 0.6) is 0 Å². The van der Waals surface area contributed by atoms with E-state index >= 15 is 0 Å². The molecule has 1 amide bonds. The second-order valence-electron chi connectivity index (χ2n) is 7.21. The van der Waals surface area contributed by atoms with E-state index in [1.807, 2.05) is 0 Å². The number of piperidine rings is 1. The lowest BCUT2D eigenvalue weighted by molar-refractivity contribution is -0.122. The van der Waals surface area contributed by atoms with Crippen LogP contribution in [0.1, 0.15) is 58.8 Å². The van der Waals surface area contributed by atoms with E-state index < -0.39 is 0 Å². The summed E-state index contributed by atoms with van der Waals surface area (Å²) in [7, 11) is 0. The average Bonchev–Trinajstić information content (AvgIpc) is 2.46. The fourth-order valence-electron chi connectivity index (χ4n) is 3.95. The van der Waals surface area contributed by atoms with E-state index in [0.29, 0.717) is 12.3 Å². The normalized spacial score (nSPS) is 28.5. The topological polar surface area (TPSA) is 41.1 Å². The molecule has 1 aliphatic heterocycles. The number of hydrogen-bond acceptors (Lipinski definition) is 2. The van der Waals surface area contributed by atoms with Crippen LogP contribution in [0, 0.1) is 23.7 Å². The molecule has 3 unspecified atom stereocenters. The molecule has 0 spiro atoms. The third kappa shape index (κ3) is 6.56. The molecule has 1 saturated heterocycles. The molecule has 1 saturated carbocycles. The predicted octanol–water partition coefficient (Wildman–Crippen LogP) is 3.38. The Morgan fingerprint density at radius 1 is 1.24 bits per heavy atom. The Hall–Kier alpha value is -0.280. The largest absolute Gasteiger partial charge is 0.356 e. The zero-order chi connectivity index (χ0) is 14.4. The molecule has 1 heterocycles. The van der Waals surface area contributed by atoms with Gasteiger partial charge in [0.1, 0.15) is 0 Å². The fraction of sp³-hybridized carbons (Fsp3) is 0.941. The molecule has 4 heteroatoms. The molecular formula is C17H33ClN2O. The summed E-state index contributed by atoms with van der Waals surface area (Å²) >= 11 is 0. The van der Waals surface area contributed by atoms with Gasteiger partial charge in [0.2, 0.25) is 5.91 Å². The summed E-state index contributed by atoms with van der Waals surface area (Å²) < 4.78 is 0. The maximum absolute atomic E-state index is 12.1. The highest BCUT2D eigenvalue weighted by Gasteiger charge is 2.23. The Labute approximate surface area is 136 Å². The van der Waals surface area contributed by atoms with Gasteiger partial charge >= 0.3 is 0 Å². The van der Waals surface area contributed by atoms with Crippen LogP contribution in [-0.2, 0) is 4.79 Å². The first-order valence-corrected chi connectivity index (χ1v) is 8.62. The summed E-state index contributed by atoms with van der Waals surface area (Å²) in [5.74, 6) is 3.10. The van der Waals surface area contributed by atoms with E-state index in [-0.39, 0.29) is 18.3 Å². The number of halogens is 1. The van der Waals surface area contributed by atoms with Crippen molar-refractivity contribution in [2.24, 2.45) is 23.7 Å². The summed E-state index contributed by atoms with van der Waals surface area (Å²) in [4.78, 5) is 12.1. The molecule has 0 radical (unpaired) electrons. The van der Waals surface area contributed by atoms with Gasteiger partial charge in [-0.25, -0.2) is 0 Å².